The molecule has 12 heteroatoms. The van der Waals surface area contributed by atoms with Crippen LogP contribution in [0.3, 0.4) is 0 Å². The van der Waals surface area contributed by atoms with Crippen molar-refractivity contribution in [3.63, 3.8) is 0 Å². The molecule has 0 spiro atoms. The third kappa shape index (κ3) is 6.62. The molecule has 0 fully saturated rings. The molecule has 2 heterocycles. The molecule has 0 aromatic heterocycles. The maximum atomic E-state index is 13.5. The highest BCUT2D eigenvalue weighted by Crippen LogP contribution is 2.36. The first-order valence-electron chi connectivity index (χ1n) is 16.2. The van der Waals surface area contributed by atoms with Gasteiger partial charge in [-0.25, -0.2) is 0 Å². The van der Waals surface area contributed by atoms with Gasteiger partial charge in [0.15, 0.2) is 0 Å². The Morgan fingerprint density at radius 3 is 1.50 bits per heavy atom. The van der Waals surface area contributed by atoms with E-state index in [0.717, 1.165) is 48.1 Å². The van der Waals surface area contributed by atoms with Gasteiger partial charge in [0, 0.05) is 92.9 Å². The second kappa shape index (κ2) is 15.0. The molecule has 4 aromatic rings. The highest BCUT2D eigenvalue weighted by molar-refractivity contribution is 8.76. The van der Waals surface area contributed by atoms with Crippen molar-refractivity contribution < 1.29 is 19.2 Å². The van der Waals surface area contributed by atoms with Gasteiger partial charge >= 0.3 is 0 Å². The molecule has 2 aliphatic heterocycles. The largest absolute Gasteiger partial charge is 0.384 e. The predicted octanol–water partition coefficient (Wildman–Crippen LogP) is 5.39. The number of carbonyl (C=O) groups is 4. The number of nitrogens with zero attached hydrogens (tertiary/aromatic N) is 3. The van der Waals surface area contributed by atoms with Crippen molar-refractivity contribution in [1.29, 1.82) is 0 Å². The fourth-order valence-corrected chi connectivity index (χ4v) is 8.23. The van der Waals surface area contributed by atoms with Gasteiger partial charge in [0.1, 0.15) is 0 Å². The molecule has 48 heavy (non-hydrogen) atoms. The van der Waals surface area contributed by atoms with Crippen LogP contribution in [-0.4, -0.2) is 103 Å². The first-order chi connectivity index (χ1) is 23.3. The predicted molar refractivity (Wildman–Crippen MR) is 197 cm³/mol. The van der Waals surface area contributed by atoms with Crippen molar-refractivity contribution in [2.45, 2.75) is 12.8 Å². The second-order valence-corrected chi connectivity index (χ2v) is 14.8. The van der Waals surface area contributed by atoms with Crippen molar-refractivity contribution >= 4 is 78.1 Å². The summed E-state index contributed by atoms with van der Waals surface area (Å²) in [5.41, 5.74) is 9.54. The van der Waals surface area contributed by atoms with E-state index < -0.39 is 0 Å². The molecule has 250 valence electrons. The Balaban J connectivity index is 1.04. The van der Waals surface area contributed by atoms with Crippen LogP contribution in [0.2, 0.25) is 0 Å². The van der Waals surface area contributed by atoms with E-state index in [0.29, 0.717) is 57.6 Å². The van der Waals surface area contributed by atoms with Crippen molar-refractivity contribution in [2.75, 3.05) is 75.5 Å². The van der Waals surface area contributed by atoms with Gasteiger partial charge in [-0.3, -0.25) is 29.0 Å². The van der Waals surface area contributed by atoms with Gasteiger partial charge in [0.05, 0.1) is 0 Å². The minimum absolute atomic E-state index is 0.254. The quantitative estimate of drug-likeness (QED) is 0.0803. The second-order valence-electron chi connectivity index (χ2n) is 12.1. The summed E-state index contributed by atoms with van der Waals surface area (Å²) in [5, 5.41) is 9.95. The number of rotatable bonds is 16. The van der Waals surface area contributed by atoms with E-state index >= 15 is 0 Å². The van der Waals surface area contributed by atoms with Crippen LogP contribution in [0, 0.1) is 0 Å². The number of hydrogen-bond donors (Lipinski definition) is 3. The maximum Gasteiger partial charge on any atom is 0.261 e. The number of carbonyl (C=O) groups excluding carboxylic acids is 4. The van der Waals surface area contributed by atoms with Gasteiger partial charge in [-0.2, -0.15) is 0 Å². The van der Waals surface area contributed by atoms with Crippen molar-refractivity contribution in [2.24, 2.45) is 5.73 Å². The molecule has 0 bridgehead atoms. The van der Waals surface area contributed by atoms with Crippen LogP contribution in [0.4, 0.5) is 11.4 Å². The van der Waals surface area contributed by atoms with E-state index in [2.05, 4.69) is 15.5 Å². The number of hydrogen-bond acceptors (Lipinski definition) is 10. The van der Waals surface area contributed by atoms with E-state index in [1.807, 2.05) is 56.6 Å². The topological polar surface area (TPSA) is 128 Å². The number of imide groups is 2. The summed E-state index contributed by atoms with van der Waals surface area (Å²) in [6.07, 6.45) is 1.79. The molecule has 6 rings (SSSR count). The maximum absolute atomic E-state index is 13.5. The lowest BCUT2D eigenvalue weighted by Gasteiger charge is -2.28. The molecular weight excluding hydrogens is 645 g/mol. The van der Waals surface area contributed by atoms with Gasteiger partial charge in [-0.1, -0.05) is 45.9 Å². The minimum Gasteiger partial charge on any atom is -0.384 e. The lowest BCUT2D eigenvalue weighted by molar-refractivity contribution is 0.0605. The number of anilines is 2. The Kier molecular flexibility index (Phi) is 10.5. The normalized spacial score (nSPS) is 14.2. The lowest BCUT2D eigenvalue weighted by Crippen LogP contribution is -2.42. The summed E-state index contributed by atoms with van der Waals surface area (Å²) in [5.74, 6) is -0.144. The Bertz CT molecular complexity index is 1850. The monoisotopic (exact) mass is 684 g/mol. The fourth-order valence-electron chi connectivity index (χ4n) is 6.33. The molecule has 2 aliphatic rings. The summed E-state index contributed by atoms with van der Waals surface area (Å²) in [4.78, 5) is 58.6. The zero-order chi connectivity index (χ0) is 33.8. The third-order valence-corrected chi connectivity index (χ3v) is 11.0. The molecule has 0 saturated heterocycles. The molecule has 0 atom stereocenters. The van der Waals surface area contributed by atoms with Gasteiger partial charge in [-0.05, 0) is 76.4 Å². The van der Waals surface area contributed by atoms with Crippen LogP contribution in [0.5, 0.6) is 0 Å². The average molecular weight is 685 g/mol. The van der Waals surface area contributed by atoms with Crippen molar-refractivity contribution in [3.05, 3.63) is 82.9 Å². The summed E-state index contributed by atoms with van der Waals surface area (Å²) in [6, 6.07) is 18.6. The van der Waals surface area contributed by atoms with Crippen molar-refractivity contribution in [3.8, 4) is 0 Å². The van der Waals surface area contributed by atoms with Crippen LogP contribution < -0.4 is 16.4 Å². The van der Waals surface area contributed by atoms with E-state index in [1.165, 1.54) is 31.4 Å². The standard InChI is InChI=1S/C36H40N6O4S2/c1-40(2)18-6-17-39-30-14-12-28-32-24(30)8-4-10-26(32)34(44)42(36(28)46)20-22-48-47-21-19-41-33(43)25-9-3-7-23-29(38-16-5-15-37)13-11-27(31(23)25)35(41)45/h3-4,7-14,38-39H,5-6,15-22,37H2,1-2H3. The molecular formula is C36H40N6O4S2. The van der Waals surface area contributed by atoms with E-state index in [9.17, 15) is 19.2 Å². The Labute approximate surface area is 288 Å². The van der Waals surface area contributed by atoms with Gasteiger partial charge in [0.2, 0.25) is 0 Å². The molecule has 4 amide bonds. The number of nitrogens with two attached hydrogens (primary N) is 1. The third-order valence-electron chi connectivity index (χ3n) is 8.66. The highest BCUT2D eigenvalue weighted by atomic mass is 33.1. The van der Waals surface area contributed by atoms with Crippen LogP contribution in [0.25, 0.3) is 21.5 Å². The minimum atomic E-state index is -0.299. The van der Waals surface area contributed by atoms with E-state index in [-0.39, 0.29) is 36.7 Å². The molecule has 10 nitrogen and oxygen atoms in total. The number of nitrogens with one attached hydrogen (secondary N) is 2. The molecule has 0 aliphatic carbocycles. The summed E-state index contributed by atoms with van der Waals surface area (Å²) in [6.45, 7) is 3.55. The van der Waals surface area contributed by atoms with Gasteiger partial charge in [0.25, 0.3) is 23.6 Å². The summed E-state index contributed by atoms with van der Waals surface area (Å²) < 4.78 is 0. The smallest absolute Gasteiger partial charge is 0.261 e. The summed E-state index contributed by atoms with van der Waals surface area (Å²) >= 11 is 0. The number of amides is 4. The molecule has 4 N–H and O–H groups in total. The summed E-state index contributed by atoms with van der Waals surface area (Å²) in [7, 11) is 7.11. The highest BCUT2D eigenvalue weighted by Gasteiger charge is 2.34. The molecule has 0 unspecified atom stereocenters. The Morgan fingerprint density at radius 1 is 0.625 bits per heavy atom. The SMILES string of the molecule is CN(C)CCCNc1ccc2c3c(cccc13)C(=O)N(CCSSCCN1C(=O)c3cccc4c(NCCCN)ccc(c34)C1=O)C2=O. The van der Waals surface area contributed by atoms with E-state index in [4.69, 9.17) is 5.73 Å². The Hall–Kier alpha value is -4.10. The molecule has 0 saturated carbocycles. The van der Waals surface area contributed by atoms with Gasteiger partial charge in [-0.15, -0.1) is 0 Å². The number of benzene rings is 4. The first-order valence-corrected chi connectivity index (χ1v) is 18.7. The zero-order valence-corrected chi connectivity index (χ0v) is 28.8. The average Bonchev–Trinajstić information content (AvgIpc) is 3.09. The van der Waals surface area contributed by atoms with Gasteiger partial charge < -0.3 is 21.3 Å². The molecule has 4 aromatic carbocycles. The lowest BCUT2D eigenvalue weighted by atomic mass is 9.93. The van der Waals surface area contributed by atoms with Crippen LogP contribution in [0.15, 0.2) is 60.7 Å². The van der Waals surface area contributed by atoms with Crippen LogP contribution in [0.1, 0.15) is 54.3 Å². The zero-order valence-electron chi connectivity index (χ0n) is 27.2. The molecule has 0 radical (unpaired) electrons. The van der Waals surface area contributed by atoms with Crippen LogP contribution in [-0.2, 0) is 0 Å². The fraction of sp³-hybridized carbons (Fsp3) is 0.333. The van der Waals surface area contributed by atoms with E-state index in [1.54, 1.807) is 18.2 Å². The first kappa shape index (κ1) is 33.8. The van der Waals surface area contributed by atoms with Crippen molar-refractivity contribution in [1.82, 2.24) is 14.7 Å². The Morgan fingerprint density at radius 2 is 1.06 bits per heavy atom. The van der Waals surface area contributed by atoms with Crippen LogP contribution >= 0.6 is 21.6 Å².